The Balaban J connectivity index is 1.58. The summed E-state index contributed by atoms with van der Waals surface area (Å²) in [5, 5.41) is 2.93. The number of amides is 1. The number of aryl methyl sites for hydroxylation is 2. The van der Waals surface area contributed by atoms with Crippen molar-refractivity contribution in [2.75, 3.05) is 17.4 Å². The third kappa shape index (κ3) is 4.88. The fourth-order valence-corrected chi connectivity index (χ4v) is 5.31. The van der Waals surface area contributed by atoms with Crippen LogP contribution in [0.5, 0.6) is 5.75 Å². The highest BCUT2D eigenvalue weighted by Gasteiger charge is 2.37. The summed E-state index contributed by atoms with van der Waals surface area (Å²) in [7, 11) is -3.87. The van der Waals surface area contributed by atoms with Gasteiger partial charge >= 0.3 is 0 Å². The lowest BCUT2D eigenvalue weighted by molar-refractivity contribution is -0.127. The van der Waals surface area contributed by atoms with Crippen molar-refractivity contribution in [2.24, 2.45) is 0 Å². The minimum atomic E-state index is -3.87. The summed E-state index contributed by atoms with van der Waals surface area (Å²) in [6, 6.07) is 21.9. The summed E-state index contributed by atoms with van der Waals surface area (Å²) in [5.41, 5.74) is 3.44. The van der Waals surface area contributed by atoms with Gasteiger partial charge in [0.25, 0.3) is 15.9 Å². The van der Waals surface area contributed by atoms with Crippen molar-refractivity contribution in [1.82, 2.24) is 5.32 Å². The molecule has 1 aliphatic rings. The van der Waals surface area contributed by atoms with Gasteiger partial charge in [0, 0.05) is 6.54 Å². The van der Waals surface area contributed by atoms with Crippen LogP contribution in [-0.2, 0) is 14.8 Å². The average Bonchev–Trinajstić information content (AvgIpc) is 2.82. The van der Waals surface area contributed by atoms with Gasteiger partial charge in [-0.25, -0.2) is 8.42 Å². The molecule has 6 nitrogen and oxygen atoms in total. The molecular formula is C26H28N2O4S. The van der Waals surface area contributed by atoms with Gasteiger partial charge in [0.05, 0.1) is 17.1 Å². The summed E-state index contributed by atoms with van der Waals surface area (Å²) < 4.78 is 34.3. The Labute approximate surface area is 195 Å². The van der Waals surface area contributed by atoms with Gasteiger partial charge in [-0.3, -0.25) is 9.10 Å². The van der Waals surface area contributed by atoms with E-state index in [2.05, 4.69) is 5.32 Å². The Morgan fingerprint density at radius 1 is 1.03 bits per heavy atom. The van der Waals surface area contributed by atoms with Gasteiger partial charge in [0.15, 0.2) is 6.10 Å². The molecule has 0 aliphatic carbocycles. The SMILES string of the molecule is Cc1ccc(S(=O)(=O)N2CC(C(=O)NCC(C)c3ccccc3)Oc3cc(C)ccc32)cc1. The van der Waals surface area contributed by atoms with Crippen molar-refractivity contribution in [3.05, 3.63) is 89.5 Å². The number of benzene rings is 3. The monoisotopic (exact) mass is 464 g/mol. The van der Waals surface area contributed by atoms with E-state index >= 15 is 0 Å². The Kier molecular flexibility index (Phi) is 6.42. The van der Waals surface area contributed by atoms with E-state index in [-0.39, 0.29) is 23.3 Å². The van der Waals surface area contributed by atoms with Crippen LogP contribution in [0.4, 0.5) is 5.69 Å². The number of carbonyl (C=O) groups is 1. The summed E-state index contributed by atoms with van der Waals surface area (Å²) in [5.74, 6) is 0.155. The van der Waals surface area contributed by atoms with Crippen LogP contribution < -0.4 is 14.4 Å². The molecule has 33 heavy (non-hydrogen) atoms. The summed E-state index contributed by atoms with van der Waals surface area (Å²) in [6.07, 6.45) is -0.956. The molecule has 2 unspecified atom stereocenters. The highest BCUT2D eigenvalue weighted by Crippen LogP contribution is 2.37. The average molecular weight is 465 g/mol. The number of nitrogens with zero attached hydrogens (tertiary/aromatic N) is 1. The normalized spacial score (nSPS) is 16.5. The predicted molar refractivity (Wildman–Crippen MR) is 129 cm³/mol. The van der Waals surface area contributed by atoms with Crippen LogP contribution in [0.1, 0.15) is 29.5 Å². The third-order valence-corrected chi connectivity index (χ3v) is 7.63. The molecule has 0 radical (unpaired) electrons. The zero-order chi connectivity index (χ0) is 23.6. The second-order valence-electron chi connectivity index (χ2n) is 8.48. The highest BCUT2D eigenvalue weighted by atomic mass is 32.2. The fraction of sp³-hybridized carbons (Fsp3) is 0.269. The molecule has 7 heteroatoms. The Morgan fingerprint density at radius 2 is 1.70 bits per heavy atom. The first-order valence-electron chi connectivity index (χ1n) is 10.9. The quantitative estimate of drug-likeness (QED) is 0.594. The summed E-state index contributed by atoms with van der Waals surface area (Å²) >= 11 is 0. The molecule has 3 aromatic rings. The second-order valence-corrected chi connectivity index (χ2v) is 10.3. The van der Waals surface area contributed by atoms with Gasteiger partial charge in [-0.2, -0.15) is 0 Å². The van der Waals surface area contributed by atoms with Crippen LogP contribution in [0.15, 0.2) is 77.7 Å². The minimum absolute atomic E-state index is 0.0994. The van der Waals surface area contributed by atoms with Crippen molar-refractivity contribution in [3.8, 4) is 5.75 Å². The first-order valence-corrected chi connectivity index (χ1v) is 12.4. The van der Waals surface area contributed by atoms with E-state index in [9.17, 15) is 13.2 Å². The smallest absolute Gasteiger partial charge is 0.264 e. The number of hydrogen-bond donors (Lipinski definition) is 1. The molecular weight excluding hydrogens is 436 g/mol. The van der Waals surface area contributed by atoms with E-state index < -0.39 is 16.1 Å². The first kappa shape index (κ1) is 22.9. The Bertz CT molecular complexity index is 1240. The zero-order valence-corrected chi connectivity index (χ0v) is 19.8. The van der Waals surface area contributed by atoms with Crippen molar-refractivity contribution in [2.45, 2.75) is 37.7 Å². The lowest BCUT2D eigenvalue weighted by atomic mass is 10.0. The number of rotatable bonds is 6. The van der Waals surface area contributed by atoms with Crippen molar-refractivity contribution < 1.29 is 17.9 Å². The predicted octanol–water partition coefficient (Wildman–Crippen LogP) is 4.18. The van der Waals surface area contributed by atoms with E-state index in [0.717, 1.165) is 16.7 Å². The van der Waals surface area contributed by atoms with Crippen LogP contribution in [0.2, 0.25) is 0 Å². The number of carbonyl (C=O) groups excluding carboxylic acids is 1. The van der Waals surface area contributed by atoms with Gasteiger partial charge in [-0.1, -0.05) is 61.0 Å². The molecule has 0 saturated heterocycles. The van der Waals surface area contributed by atoms with Crippen molar-refractivity contribution in [3.63, 3.8) is 0 Å². The van der Waals surface area contributed by atoms with E-state index in [1.165, 1.54) is 4.31 Å². The van der Waals surface area contributed by atoms with Crippen LogP contribution in [-0.4, -0.2) is 33.5 Å². The molecule has 1 aliphatic heterocycles. The largest absolute Gasteiger partial charge is 0.476 e. The van der Waals surface area contributed by atoms with Gasteiger partial charge in [0.1, 0.15) is 5.75 Å². The number of ether oxygens (including phenoxy) is 1. The van der Waals surface area contributed by atoms with E-state index in [1.807, 2.05) is 57.2 Å². The molecule has 0 spiro atoms. The maximum absolute atomic E-state index is 13.5. The maximum atomic E-state index is 13.5. The van der Waals surface area contributed by atoms with Gasteiger partial charge in [0.2, 0.25) is 0 Å². The molecule has 172 valence electrons. The summed E-state index contributed by atoms with van der Waals surface area (Å²) in [4.78, 5) is 13.2. The topological polar surface area (TPSA) is 75.7 Å². The lowest BCUT2D eigenvalue weighted by Gasteiger charge is -2.35. The third-order valence-electron chi connectivity index (χ3n) is 5.84. The molecule has 3 aromatic carbocycles. The molecule has 0 fully saturated rings. The van der Waals surface area contributed by atoms with E-state index in [4.69, 9.17) is 4.74 Å². The Morgan fingerprint density at radius 3 is 2.39 bits per heavy atom. The van der Waals surface area contributed by atoms with Crippen molar-refractivity contribution in [1.29, 1.82) is 0 Å². The fourth-order valence-electron chi connectivity index (χ4n) is 3.83. The molecule has 1 heterocycles. The number of fused-ring (bicyclic) bond motifs is 1. The van der Waals surface area contributed by atoms with Crippen LogP contribution in [0.3, 0.4) is 0 Å². The molecule has 4 rings (SSSR count). The van der Waals surface area contributed by atoms with Crippen LogP contribution >= 0.6 is 0 Å². The first-order chi connectivity index (χ1) is 15.8. The standard InChI is InChI=1S/C26H28N2O4S/c1-18-9-12-22(13-10-18)33(30,31)28-17-25(32-24-15-19(2)11-14-23(24)28)26(29)27-16-20(3)21-7-5-4-6-8-21/h4-15,20,25H,16-17H2,1-3H3,(H,27,29). The highest BCUT2D eigenvalue weighted by molar-refractivity contribution is 7.92. The van der Waals surface area contributed by atoms with Crippen molar-refractivity contribution >= 4 is 21.6 Å². The maximum Gasteiger partial charge on any atom is 0.264 e. The summed E-state index contributed by atoms with van der Waals surface area (Å²) in [6.45, 7) is 6.16. The number of nitrogens with one attached hydrogen (secondary N) is 1. The molecule has 1 N–H and O–H groups in total. The van der Waals surface area contributed by atoms with E-state index in [0.29, 0.717) is 18.0 Å². The Hall–Kier alpha value is -3.32. The molecule has 2 atom stereocenters. The number of anilines is 1. The molecule has 0 saturated carbocycles. The van der Waals surface area contributed by atoms with Crippen LogP contribution in [0.25, 0.3) is 0 Å². The zero-order valence-electron chi connectivity index (χ0n) is 19.0. The van der Waals surface area contributed by atoms with Crippen LogP contribution in [0, 0.1) is 13.8 Å². The molecule has 1 amide bonds. The minimum Gasteiger partial charge on any atom is -0.476 e. The second kappa shape index (κ2) is 9.27. The van der Waals surface area contributed by atoms with Gasteiger partial charge < -0.3 is 10.1 Å². The number of sulfonamides is 1. The van der Waals surface area contributed by atoms with E-state index in [1.54, 1.807) is 36.4 Å². The van der Waals surface area contributed by atoms with Gasteiger partial charge in [-0.15, -0.1) is 0 Å². The number of hydrogen-bond acceptors (Lipinski definition) is 4. The molecule has 0 bridgehead atoms. The van der Waals surface area contributed by atoms with Gasteiger partial charge in [-0.05, 0) is 55.2 Å². The molecule has 0 aromatic heterocycles. The lowest BCUT2D eigenvalue weighted by Crippen LogP contribution is -2.51.